The molecule has 1 unspecified atom stereocenters. The lowest BCUT2D eigenvalue weighted by molar-refractivity contribution is -0.137. The number of pyridine rings is 1. The molecule has 2 aliphatic heterocycles. The van der Waals surface area contributed by atoms with Crippen molar-refractivity contribution < 1.29 is 18.0 Å². The summed E-state index contributed by atoms with van der Waals surface area (Å²) in [6.07, 6.45) is -2.68. The molecule has 35 heavy (non-hydrogen) atoms. The Morgan fingerprint density at radius 1 is 1.06 bits per heavy atom. The average Bonchev–Trinajstić information content (AvgIpc) is 3.31. The number of nitrogens with one attached hydrogen (secondary N) is 3. The van der Waals surface area contributed by atoms with Crippen molar-refractivity contribution in [3.63, 3.8) is 0 Å². The van der Waals surface area contributed by atoms with Crippen LogP contribution in [0.15, 0.2) is 60.7 Å². The first-order valence-electron chi connectivity index (χ1n) is 11.7. The molecule has 0 radical (unpaired) electrons. The number of carbonyl (C=O) groups excluding carboxylic acids is 1. The highest BCUT2D eigenvalue weighted by atomic mass is 19.4. The van der Waals surface area contributed by atoms with E-state index >= 15 is 0 Å². The Kier molecular flexibility index (Phi) is 6.34. The molecule has 1 atom stereocenters. The normalized spacial score (nSPS) is 17.9. The molecule has 5 rings (SSSR count). The predicted molar refractivity (Wildman–Crippen MR) is 131 cm³/mol. The SMILES string of the molecule is O=C(Nc1cccc(C2CCNC2)c1)N1CCCNc2ccc(-c3cccc(C(F)(F)F)c3)nc21. The molecule has 1 aromatic heterocycles. The lowest BCUT2D eigenvalue weighted by Crippen LogP contribution is -2.36. The number of halogens is 3. The van der Waals surface area contributed by atoms with Crippen LogP contribution < -0.4 is 20.9 Å². The van der Waals surface area contributed by atoms with Crippen molar-refractivity contribution in [3.8, 4) is 11.3 Å². The Hall–Kier alpha value is -3.59. The number of anilines is 3. The Morgan fingerprint density at radius 3 is 2.71 bits per heavy atom. The maximum atomic E-state index is 13.3. The van der Waals surface area contributed by atoms with E-state index in [9.17, 15) is 18.0 Å². The van der Waals surface area contributed by atoms with Crippen LogP contribution in [0.1, 0.15) is 29.9 Å². The second-order valence-corrected chi connectivity index (χ2v) is 8.82. The van der Waals surface area contributed by atoms with Crippen molar-refractivity contribution >= 4 is 23.2 Å². The monoisotopic (exact) mass is 481 g/mol. The number of carbonyl (C=O) groups is 1. The molecule has 1 saturated heterocycles. The number of hydrogen-bond acceptors (Lipinski definition) is 4. The molecule has 0 aliphatic carbocycles. The molecule has 2 aliphatic rings. The van der Waals surface area contributed by atoms with Gasteiger partial charge in [0.25, 0.3) is 0 Å². The molecule has 3 heterocycles. The summed E-state index contributed by atoms with van der Waals surface area (Å²) in [6.45, 7) is 2.99. The molecular weight excluding hydrogens is 455 g/mol. The maximum absolute atomic E-state index is 13.3. The number of nitrogens with zero attached hydrogens (tertiary/aromatic N) is 2. The van der Waals surface area contributed by atoms with Crippen molar-refractivity contribution in [3.05, 3.63) is 71.8 Å². The van der Waals surface area contributed by atoms with E-state index in [0.717, 1.165) is 31.6 Å². The number of rotatable bonds is 3. The minimum Gasteiger partial charge on any atom is -0.382 e. The molecule has 1 fully saturated rings. The summed E-state index contributed by atoms with van der Waals surface area (Å²) in [5.74, 6) is 0.817. The number of urea groups is 1. The Balaban J connectivity index is 1.43. The highest BCUT2D eigenvalue weighted by Crippen LogP contribution is 2.34. The Bertz CT molecular complexity index is 1220. The summed E-state index contributed by atoms with van der Waals surface area (Å²) < 4.78 is 39.7. The van der Waals surface area contributed by atoms with Crippen molar-refractivity contribution in [2.75, 3.05) is 41.7 Å². The van der Waals surface area contributed by atoms with E-state index in [2.05, 4.69) is 27.0 Å². The minimum atomic E-state index is -4.45. The lowest BCUT2D eigenvalue weighted by Gasteiger charge is -2.23. The zero-order valence-electron chi connectivity index (χ0n) is 19.0. The van der Waals surface area contributed by atoms with Gasteiger partial charge in [-0.1, -0.05) is 24.3 Å². The molecule has 0 saturated carbocycles. The third-order valence-electron chi connectivity index (χ3n) is 6.41. The summed E-state index contributed by atoms with van der Waals surface area (Å²) in [5.41, 5.74) is 2.51. The molecule has 0 bridgehead atoms. The van der Waals surface area contributed by atoms with Crippen LogP contribution in [0.3, 0.4) is 0 Å². The van der Waals surface area contributed by atoms with E-state index in [1.54, 1.807) is 23.1 Å². The van der Waals surface area contributed by atoms with Crippen molar-refractivity contribution in [2.24, 2.45) is 0 Å². The topological polar surface area (TPSA) is 69.3 Å². The van der Waals surface area contributed by atoms with Crippen LogP contribution in [-0.2, 0) is 6.18 Å². The van der Waals surface area contributed by atoms with Gasteiger partial charge in [-0.3, -0.25) is 4.90 Å². The minimum absolute atomic E-state index is 0.328. The number of amides is 2. The van der Waals surface area contributed by atoms with Gasteiger partial charge in [0.15, 0.2) is 5.82 Å². The van der Waals surface area contributed by atoms with Crippen LogP contribution in [0.2, 0.25) is 0 Å². The van der Waals surface area contributed by atoms with Crippen LogP contribution >= 0.6 is 0 Å². The standard InChI is InChI=1S/C26H26F3N5O/c27-26(28,29)20-6-1-5-18(14-20)22-8-9-23-24(33-22)34(13-3-11-31-23)25(35)32-21-7-2-4-17(15-21)19-10-12-30-16-19/h1-2,4-9,14-15,19,30-31H,3,10-13,16H2,(H,32,35). The third-order valence-corrected chi connectivity index (χ3v) is 6.41. The van der Waals surface area contributed by atoms with E-state index in [1.807, 2.05) is 18.2 Å². The van der Waals surface area contributed by atoms with E-state index < -0.39 is 11.7 Å². The summed E-state index contributed by atoms with van der Waals surface area (Å²) >= 11 is 0. The first-order chi connectivity index (χ1) is 16.9. The quantitative estimate of drug-likeness (QED) is 0.449. The van der Waals surface area contributed by atoms with Gasteiger partial charge in [0.05, 0.1) is 16.9 Å². The fraction of sp³-hybridized carbons (Fsp3) is 0.308. The van der Waals surface area contributed by atoms with Gasteiger partial charge in [0.1, 0.15) is 0 Å². The molecule has 2 amide bonds. The van der Waals surface area contributed by atoms with Gasteiger partial charge in [-0.25, -0.2) is 9.78 Å². The van der Waals surface area contributed by atoms with Gasteiger partial charge in [0, 0.05) is 30.9 Å². The molecule has 6 nitrogen and oxygen atoms in total. The van der Waals surface area contributed by atoms with Gasteiger partial charge in [-0.2, -0.15) is 13.2 Å². The predicted octanol–water partition coefficient (Wildman–Crippen LogP) is 5.70. The number of alkyl halides is 3. The smallest absolute Gasteiger partial charge is 0.382 e. The van der Waals surface area contributed by atoms with Gasteiger partial charge in [-0.15, -0.1) is 0 Å². The lowest BCUT2D eigenvalue weighted by atomic mass is 9.98. The van der Waals surface area contributed by atoms with Crippen molar-refractivity contribution in [2.45, 2.75) is 24.9 Å². The molecule has 182 valence electrons. The molecule has 3 N–H and O–H groups in total. The Morgan fingerprint density at radius 2 is 1.91 bits per heavy atom. The largest absolute Gasteiger partial charge is 0.416 e. The van der Waals surface area contributed by atoms with Crippen LogP contribution in [0.5, 0.6) is 0 Å². The number of hydrogen-bond donors (Lipinski definition) is 3. The average molecular weight is 482 g/mol. The number of aromatic nitrogens is 1. The van der Waals surface area contributed by atoms with Crippen molar-refractivity contribution in [1.29, 1.82) is 0 Å². The van der Waals surface area contributed by atoms with Crippen LogP contribution in [0.4, 0.5) is 35.2 Å². The molecule has 0 spiro atoms. The molecule has 3 aromatic rings. The van der Waals surface area contributed by atoms with Crippen LogP contribution in [-0.4, -0.2) is 37.2 Å². The van der Waals surface area contributed by atoms with Gasteiger partial charge >= 0.3 is 12.2 Å². The summed E-state index contributed by atoms with van der Waals surface area (Å²) in [4.78, 5) is 19.5. The summed E-state index contributed by atoms with van der Waals surface area (Å²) in [5, 5.41) is 9.60. The fourth-order valence-electron chi connectivity index (χ4n) is 4.57. The van der Waals surface area contributed by atoms with Crippen molar-refractivity contribution in [1.82, 2.24) is 10.3 Å². The number of benzene rings is 2. The third kappa shape index (κ3) is 5.09. The fourth-order valence-corrected chi connectivity index (χ4v) is 4.57. The summed E-state index contributed by atoms with van der Waals surface area (Å²) in [6, 6.07) is 16.0. The Labute approximate surface area is 201 Å². The first kappa shape index (κ1) is 23.2. The zero-order chi connectivity index (χ0) is 24.4. The number of fused-ring (bicyclic) bond motifs is 1. The van der Waals surface area contributed by atoms with E-state index in [-0.39, 0.29) is 6.03 Å². The summed E-state index contributed by atoms with van der Waals surface area (Å²) in [7, 11) is 0. The van der Waals surface area contributed by atoms with E-state index in [4.69, 9.17) is 0 Å². The van der Waals surface area contributed by atoms with Gasteiger partial charge in [0.2, 0.25) is 0 Å². The van der Waals surface area contributed by atoms with Gasteiger partial charge < -0.3 is 16.0 Å². The molecule has 9 heteroatoms. The first-order valence-corrected chi connectivity index (χ1v) is 11.7. The molecule has 2 aromatic carbocycles. The van der Waals surface area contributed by atoms with E-state index in [0.29, 0.717) is 53.9 Å². The van der Waals surface area contributed by atoms with E-state index in [1.165, 1.54) is 11.6 Å². The van der Waals surface area contributed by atoms with Crippen LogP contribution in [0, 0.1) is 0 Å². The van der Waals surface area contributed by atoms with Crippen LogP contribution in [0.25, 0.3) is 11.3 Å². The highest BCUT2D eigenvalue weighted by Gasteiger charge is 2.31. The van der Waals surface area contributed by atoms with Gasteiger partial charge in [-0.05, 0) is 67.3 Å². The second kappa shape index (κ2) is 9.58. The second-order valence-electron chi connectivity index (χ2n) is 8.82. The maximum Gasteiger partial charge on any atom is 0.416 e. The zero-order valence-corrected chi connectivity index (χ0v) is 19.0. The molecular formula is C26H26F3N5O. The highest BCUT2D eigenvalue weighted by molar-refractivity contribution is 6.03.